The average Bonchev–Trinajstić information content (AvgIpc) is 2.54. The molecule has 82 valence electrons. The molecule has 0 aromatic carbocycles. The molecular formula is C8H16NO5+. The number of nitrogens with one attached hydrogen (secondary N) is 1. The van der Waals surface area contributed by atoms with Crippen molar-refractivity contribution in [3.05, 3.63) is 0 Å². The van der Waals surface area contributed by atoms with Gasteiger partial charge in [0.1, 0.15) is 43.0 Å². The Labute approximate surface area is 81.0 Å². The van der Waals surface area contributed by atoms with Crippen LogP contribution in [-0.2, 0) is 0 Å². The fourth-order valence-electron chi connectivity index (χ4n) is 2.67. The summed E-state index contributed by atoms with van der Waals surface area (Å²) in [6.07, 6.45) is -4.01. The number of aliphatic hydroxyl groups excluding tert-OH is 5. The van der Waals surface area contributed by atoms with E-state index in [1.54, 1.807) is 0 Å². The van der Waals surface area contributed by atoms with Gasteiger partial charge in [-0.2, -0.15) is 0 Å². The van der Waals surface area contributed by atoms with Crippen LogP contribution in [0.4, 0.5) is 0 Å². The van der Waals surface area contributed by atoms with Crippen molar-refractivity contribution in [3.63, 3.8) is 0 Å². The van der Waals surface area contributed by atoms with E-state index in [2.05, 4.69) is 0 Å². The molecule has 2 saturated heterocycles. The zero-order valence-corrected chi connectivity index (χ0v) is 7.61. The van der Waals surface area contributed by atoms with Crippen molar-refractivity contribution < 1.29 is 30.4 Å². The van der Waals surface area contributed by atoms with Crippen molar-refractivity contribution in [1.82, 2.24) is 0 Å². The van der Waals surface area contributed by atoms with Gasteiger partial charge in [-0.25, -0.2) is 0 Å². The highest BCUT2D eigenvalue weighted by molar-refractivity contribution is 4.97. The fraction of sp³-hybridized carbons (Fsp3) is 1.00. The molecule has 0 aromatic heterocycles. The number of quaternary nitrogens is 1. The smallest absolute Gasteiger partial charge is 0.146 e. The second kappa shape index (κ2) is 3.41. The first kappa shape index (κ1) is 10.3. The summed E-state index contributed by atoms with van der Waals surface area (Å²) in [5.74, 6) is 0. The van der Waals surface area contributed by atoms with Crippen LogP contribution in [-0.4, -0.2) is 75.2 Å². The lowest BCUT2D eigenvalue weighted by Crippen LogP contribution is -3.17. The maximum absolute atomic E-state index is 9.60. The molecule has 0 radical (unpaired) electrons. The molecule has 0 aliphatic carbocycles. The lowest BCUT2D eigenvalue weighted by molar-refractivity contribution is -0.929. The lowest BCUT2D eigenvalue weighted by atomic mass is 10.0. The normalized spacial score (nSPS) is 57.6. The van der Waals surface area contributed by atoms with E-state index in [1.807, 2.05) is 0 Å². The molecule has 7 atom stereocenters. The number of hydrogen-bond acceptors (Lipinski definition) is 5. The van der Waals surface area contributed by atoms with Crippen LogP contribution in [0.5, 0.6) is 0 Å². The predicted molar refractivity (Wildman–Crippen MR) is 44.5 cm³/mol. The summed E-state index contributed by atoms with van der Waals surface area (Å²) in [6, 6.07) is -1.10. The first-order valence-electron chi connectivity index (χ1n) is 4.76. The molecule has 2 fully saturated rings. The van der Waals surface area contributed by atoms with E-state index in [4.69, 9.17) is 5.11 Å². The Hall–Kier alpha value is -0.240. The molecule has 0 bridgehead atoms. The second-order valence-electron chi connectivity index (χ2n) is 4.13. The third-order valence-corrected chi connectivity index (χ3v) is 3.44. The SMILES string of the molecule is OC[C@@H]1[C@@H](O)[C@H](O)[C@H]2[C@@H](O)[C@H](O)C[NH+]21. The molecule has 6 heteroatoms. The van der Waals surface area contributed by atoms with Crippen molar-refractivity contribution in [2.75, 3.05) is 13.2 Å². The summed E-state index contributed by atoms with van der Waals surface area (Å²) in [6.45, 7) is -0.00528. The zero-order chi connectivity index (χ0) is 10.5. The molecule has 14 heavy (non-hydrogen) atoms. The minimum absolute atomic E-state index is 0.255. The largest absolute Gasteiger partial charge is 0.390 e. The van der Waals surface area contributed by atoms with Crippen molar-refractivity contribution in [3.8, 4) is 0 Å². The Balaban J connectivity index is 2.21. The van der Waals surface area contributed by atoms with Gasteiger partial charge in [-0.05, 0) is 0 Å². The Morgan fingerprint density at radius 2 is 1.64 bits per heavy atom. The fourth-order valence-corrected chi connectivity index (χ4v) is 2.67. The first-order chi connectivity index (χ1) is 6.57. The highest BCUT2D eigenvalue weighted by atomic mass is 16.4. The van der Waals surface area contributed by atoms with E-state index in [9.17, 15) is 20.4 Å². The quantitative estimate of drug-likeness (QED) is 0.258. The van der Waals surface area contributed by atoms with E-state index in [0.717, 1.165) is 0 Å². The predicted octanol–water partition coefficient (Wildman–Crippen LogP) is -4.93. The minimum atomic E-state index is -1.07. The summed E-state index contributed by atoms with van der Waals surface area (Å²) in [7, 11) is 0. The monoisotopic (exact) mass is 206 g/mol. The average molecular weight is 206 g/mol. The first-order valence-corrected chi connectivity index (χ1v) is 4.76. The number of aliphatic hydroxyl groups is 5. The van der Waals surface area contributed by atoms with Gasteiger partial charge in [-0.1, -0.05) is 0 Å². The van der Waals surface area contributed by atoms with Gasteiger partial charge in [0.15, 0.2) is 0 Å². The maximum Gasteiger partial charge on any atom is 0.146 e. The van der Waals surface area contributed by atoms with Crippen LogP contribution in [0.3, 0.4) is 0 Å². The van der Waals surface area contributed by atoms with Crippen LogP contribution in [0.2, 0.25) is 0 Å². The van der Waals surface area contributed by atoms with Gasteiger partial charge in [0.2, 0.25) is 0 Å². The van der Waals surface area contributed by atoms with Crippen LogP contribution in [0.1, 0.15) is 0 Å². The Morgan fingerprint density at radius 3 is 2.21 bits per heavy atom. The van der Waals surface area contributed by atoms with Crippen LogP contribution in [0.25, 0.3) is 0 Å². The highest BCUT2D eigenvalue weighted by Crippen LogP contribution is 2.18. The van der Waals surface area contributed by atoms with Crippen LogP contribution < -0.4 is 4.90 Å². The summed E-state index contributed by atoms with van der Waals surface area (Å²) in [5.41, 5.74) is 0. The Kier molecular flexibility index (Phi) is 2.50. The lowest BCUT2D eigenvalue weighted by Gasteiger charge is -2.19. The van der Waals surface area contributed by atoms with Crippen LogP contribution in [0, 0.1) is 0 Å². The zero-order valence-electron chi connectivity index (χ0n) is 7.61. The number of fused-ring (bicyclic) bond motifs is 1. The van der Waals surface area contributed by atoms with Gasteiger partial charge in [0.25, 0.3) is 0 Å². The Morgan fingerprint density at radius 1 is 1.00 bits per heavy atom. The second-order valence-corrected chi connectivity index (χ2v) is 4.13. The Bertz CT molecular complexity index is 226. The molecule has 0 aromatic rings. The van der Waals surface area contributed by atoms with E-state index in [0.29, 0.717) is 4.90 Å². The third-order valence-electron chi connectivity index (χ3n) is 3.44. The van der Waals surface area contributed by atoms with E-state index in [-0.39, 0.29) is 13.2 Å². The van der Waals surface area contributed by atoms with E-state index >= 15 is 0 Å². The van der Waals surface area contributed by atoms with Gasteiger partial charge in [-0.3, -0.25) is 0 Å². The van der Waals surface area contributed by atoms with Crippen molar-refractivity contribution in [2.24, 2.45) is 0 Å². The number of rotatable bonds is 1. The topological polar surface area (TPSA) is 106 Å². The van der Waals surface area contributed by atoms with Gasteiger partial charge in [0.05, 0.1) is 6.61 Å². The molecule has 2 rings (SSSR count). The molecule has 2 aliphatic rings. The molecule has 0 spiro atoms. The summed E-state index contributed by atoms with van der Waals surface area (Å²) in [4.78, 5) is 0.688. The number of hydrogen-bond donors (Lipinski definition) is 6. The minimum Gasteiger partial charge on any atom is -0.390 e. The van der Waals surface area contributed by atoms with Gasteiger partial charge in [-0.15, -0.1) is 0 Å². The summed E-state index contributed by atoms with van der Waals surface area (Å²) >= 11 is 0. The molecule has 1 unspecified atom stereocenters. The maximum atomic E-state index is 9.60. The summed E-state index contributed by atoms with van der Waals surface area (Å²) < 4.78 is 0. The summed E-state index contributed by atoms with van der Waals surface area (Å²) in [5, 5.41) is 47.1. The molecular weight excluding hydrogens is 190 g/mol. The van der Waals surface area contributed by atoms with Crippen molar-refractivity contribution >= 4 is 0 Å². The van der Waals surface area contributed by atoms with Crippen LogP contribution in [0.15, 0.2) is 0 Å². The molecule has 0 saturated carbocycles. The molecule has 6 nitrogen and oxygen atoms in total. The molecule has 2 aliphatic heterocycles. The van der Waals surface area contributed by atoms with Gasteiger partial charge in [0, 0.05) is 0 Å². The van der Waals surface area contributed by atoms with Crippen molar-refractivity contribution in [2.45, 2.75) is 36.5 Å². The standard InChI is InChI=1S/C8H15NO5/c10-2-3-6(12)8(14)5-7(13)4(11)1-9(3)5/h3-8,10-14H,1-2H2/p+1/t3-,4-,5-,6-,7+,8-/m1/s1. The highest BCUT2D eigenvalue weighted by Gasteiger charge is 2.60. The van der Waals surface area contributed by atoms with E-state index < -0.39 is 36.5 Å². The molecule has 0 amide bonds. The third kappa shape index (κ3) is 1.19. The van der Waals surface area contributed by atoms with Crippen LogP contribution >= 0.6 is 0 Å². The molecule has 2 heterocycles. The van der Waals surface area contributed by atoms with Gasteiger partial charge >= 0.3 is 0 Å². The molecule has 6 N–H and O–H groups in total. The van der Waals surface area contributed by atoms with Crippen molar-refractivity contribution in [1.29, 1.82) is 0 Å². The van der Waals surface area contributed by atoms with E-state index in [1.165, 1.54) is 0 Å². The van der Waals surface area contributed by atoms with Gasteiger partial charge < -0.3 is 30.4 Å².